The summed E-state index contributed by atoms with van der Waals surface area (Å²) >= 11 is 1.57. The van der Waals surface area contributed by atoms with Crippen LogP contribution in [0.1, 0.15) is 16.5 Å². The van der Waals surface area contributed by atoms with Crippen LogP contribution in [0.25, 0.3) is 0 Å². The summed E-state index contributed by atoms with van der Waals surface area (Å²) in [6, 6.07) is 5.39. The molecule has 1 N–H and O–H groups in total. The number of nitrogens with one attached hydrogen (secondary N) is 1. The first-order valence-electron chi connectivity index (χ1n) is 8.74. The molecule has 3 heterocycles. The Balaban J connectivity index is 1.66. The number of carbonyl (C=O) groups excluding carboxylic acids is 1. The van der Waals surface area contributed by atoms with Gasteiger partial charge in [-0.2, -0.15) is 13.2 Å². The van der Waals surface area contributed by atoms with E-state index >= 15 is 0 Å². The van der Waals surface area contributed by atoms with Crippen molar-refractivity contribution in [2.24, 2.45) is 0 Å². The summed E-state index contributed by atoms with van der Waals surface area (Å²) in [5.41, 5.74) is -1.63. The summed E-state index contributed by atoms with van der Waals surface area (Å²) in [4.78, 5) is 27.4. The predicted octanol–water partition coefficient (Wildman–Crippen LogP) is 2.12. The Bertz CT molecular complexity index is 846. The molecule has 0 aliphatic carbocycles. The van der Waals surface area contributed by atoms with Crippen LogP contribution in [0.4, 0.5) is 13.2 Å². The molecule has 6 nitrogen and oxygen atoms in total. The number of hydrogen-bond donors (Lipinski definition) is 1. The molecule has 2 aromatic rings. The van der Waals surface area contributed by atoms with E-state index in [9.17, 15) is 22.8 Å². The fourth-order valence-corrected chi connectivity index (χ4v) is 3.88. The van der Waals surface area contributed by atoms with Gasteiger partial charge in [-0.25, -0.2) is 0 Å². The molecule has 1 aliphatic rings. The lowest BCUT2D eigenvalue weighted by molar-refractivity contribution is -0.138. The van der Waals surface area contributed by atoms with Gasteiger partial charge in [0, 0.05) is 36.8 Å². The minimum absolute atomic E-state index is 0.0499. The number of amides is 1. The second-order valence-electron chi connectivity index (χ2n) is 6.37. The van der Waals surface area contributed by atoms with Gasteiger partial charge in [-0.05, 0) is 17.5 Å². The Kier molecular flexibility index (Phi) is 6.53. The van der Waals surface area contributed by atoms with Crippen molar-refractivity contribution in [2.45, 2.75) is 18.8 Å². The number of halogens is 3. The number of nitrogens with zero attached hydrogens (tertiary/aromatic N) is 2. The predicted molar refractivity (Wildman–Crippen MR) is 98.2 cm³/mol. The van der Waals surface area contributed by atoms with Gasteiger partial charge in [0.2, 0.25) is 5.91 Å². The maximum absolute atomic E-state index is 12.8. The SMILES string of the molecule is O=C(Cn1cc(C(F)(F)F)ccc1=O)NCC(c1cccs1)N1CCOCC1. The normalized spacial score (nSPS) is 16.7. The first kappa shape index (κ1) is 20.6. The average Bonchev–Trinajstić information content (AvgIpc) is 3.18. The maximum Gasteiger partial charge on any atom is 0.417 e. The van der Waals surface area contributed by atoms with Gasteiger partial charge in [-0.15, -0.1) is 11.3 Å². The van der Waals surface area contributed by atoms with Crippen LogP contribution in [0.3, 0.4) is 0 Å². The van der Waals surface area contributed by atoms with E-state index in [2.05, 4.69) is 10.2 Å². The first-order valence-corrected chi connectivity index (χ1v) is 9.62. The highest BCUT2D eigenvalue weighted by Gasteiger charge is 2.31. The quantitative estimate of drug-likeness (QED) is 0.785. The number of thiophene rings is 1. The molecule has 152 valence electrons. The van der Waals surface area contributed by atoms with Crippen LogP contribution < -0.4 is 10.9 Å². The number of carbonyl (C=O) groups is 1. The second kappa shape index (κ2) is 8.89. The van der Waals surface area contributed by atoms with E-state index in [1.165, 1.54) is 0 Å². The molecule has 0 radical (unpaired) electrons. The second-order valence-corrected chi connectivity index (χ2v) is 7.34. The first-order chi connectivity index (χ1) is 13.3. The number of pyridine rings is 1. The third kappa shape index (κ3) is 5.21. The molecule has 28 heavy (non-hydrogen) atoms. The molecule has 3 rings (SSSR count). The molecule has 1 amide bonds. The number of ether oxygens (including phenoxy) is 1. The Morgan fingerprint density at radius 3 is 2.64 bits per heavy atom. The van der Waals surface area contributed by atoms with E-state index in [1.54, 1.807) is 11.3 Å². The Morgan fingerprint density at radius 1 is 1.25 bits per heavy atom. The lowest BCUT2D eigenvalue weighted by Crippen LogP contribution is -2.44. The third-order valence-corrected chi connectivity index (χ3v) is 5.45. The number of hydrogen-bond acceptors (Lipinski definition) is 5. The summed E-state index contributed by atoms with van der Waals surface area (Å²) in [6.45, 7) is 2.50. The van der Waals surface area contributed by atoms with Gasteiger partial charge in [0.1, 0.15) is 6.54 Å². The van der Waals surface area contributed by atoms with Crippen molar-refractivity contribution in [3.63, 3.8) is 0 Å². The lowest BCUT2D eigenvalue weighted by Gasteiger charge is -2.34. The van der Waals surface area contributed by atoms with Crippen molar-refractivity contribution in [3.05, 3.63) is 56.6 Å². The third-order valence-electron chi connectivity index (χ3n) is 4.48. The van der Waals surface area contributed by atoms with Gasteiger partial charge in [0.25, 0.3) is 5.56 Å². The Labute approximate surface area is 163 Å². The molecule has 0 aromatic carbocycles. The van der Waals surface area contributed by atoms with E-state index < -0.39 is 29.8 Å². The zero-order valence-corrected chi connectivity index (χ0v) is 15.8. The molecule has 0 spiro atoms. The average molecular weight is 415 g/mol. The highest BCUT2D eigenvalue weighted by atomic mass is 32.1. The van der Waals surface area contributed by atoms with Gasteiger partial charge in [-0.1, -0.05) is 6.07 Å². The van der Waals surface area contributed by atoms with Crippen LogP contribution >= 0.6 is 11.3 Å². The van der Waals surface area contributed by atoms with Crippen molar-refractivity contribution >= 4 is 17.2 Å². The number of rotatable bonds is 6. The minimum atomic E-state index is -4.58. The molecular formula is C18H20F3N3O3S. The van der Waals surface area contributed by atoms with E-state index in [0.717, 1.165) is 28.6 Å². The molecule has 1 fully saturated rings. The van der Waals surface area contributed by atoms with Gasteiger partial charge in [0.05, 0.1) is 24.8 Å². The maximum atomic E-state index is 12.8. The summed E-state index contributed by atoms with van der Waals surface area (Å²) in [7, 11) is 0. The number of morpholine rings is 1. The number of alkyl halides is 3. The fraction of sp³-hybridized carbons (Fsp3) is 0.444. The summed E-state index contributed by atoms with van der Waals surface area (Å²) < 4.78 is 44.6. The van der Waals surface area contributed by atoms with Crippen LogP contribution in [0.15, 0.2) is 40.6 Å². The molecule has 0 saturated carbocycles. The van der Waals surface area contributed by atoms with Crippen LogP contribution in [0.2, 0.25) is 0 Å². The summed E-state index contributed by atoms with van der Waals surface area (Å²) in [6.07, 6.45) is -3.91. The lowest BCUT2D eigenvalue weighted by atomic mass is 10.2. The van der Waals surface area contributed by atoms with Crippen LogP contribution in [0, 0.1) is 0 Å². The monoisotopic (exact) mass is 415 g/mol. The Morgan fingerprint density at radius 2 is 2.00 bits per heavy atom. The van der Waals surface area contributed by atoms with Crippen molar-refractivity contribution < 1.29 is 22.7 Å². The van der Waals surface area contributed by atoms with Crippen molar-refractivity contribution in [1.29, 1.82) is 0 Å². The van der Waals surface area contributed by atoms with E-state index in [0.29, 0.717) is 32.0 Å². The molecule has 2 aromatic heterocycles. The minimum Gasteiger partial charge on any atom is -0.379 e. The zero-order chi connectivity index (χ0) is 20.1. The largest absolute Gasteiger partial charge is 0.417 e. The van der Waals surface area contributed by atoms with Crippen LogP contribution in [0.5, 0.6) is 0 Å². The van der Waals surface area contributed by atoms with Gasteiger partial charge < -0.3 is 14.6 Å². The zero-order valence-electron chi connectivity index (χ0n) is 14.9. The van der Waals surface area contributed by atoms with Gasteiger partial charge in [-0.3, -0.25) is 14.5 Å². The van der Waals surface area contributed by atoms with Crippen LogP contribution in [-0.4, -0.2) is 48.2 Å². The molecule has 0 bridgehead atoms. The van der Waals surface area contributed by atoms with Crippen molar-refractivity contribution in [1.82, 2.24) is 14.8 Å². The molecule has 1 aliphatic heterocycles. The van der Waals surface area contributed by atoms with Crippen molar-refractivity contribution in [3.8, 4) is 0 Å². The number of aromatic nitrogens is 1. The molecule has 1 saturated heterocycles. The van der Waals surface area contributed by atoms with Gasteiger partial charge in [0.15, 0.2) is 0 Å². The highest BCUT2D eigenvalue weighted by molar-refractivity contribution is 7.10. The van der Waals surface area contributed by atoms with Gasteiger partial charge >= 0.3 is 6.18 Å². The van der Waals surface area contributed by atoms with Crippen molar-refractivity contribution in [2.75, 3.05) is 32.8 Å². The molecule has 1 unspecified atom stereocenters. The van der Waals surface area contributed by atoms with E-state index in [4.69, 9.17) is 4.74 Å². The highest BCUT2D eigenvalue weighted by Crippen LogP contribution is 2.28. The fourth-order valence-electron chi connectivity index (χ4n) is 3.02. The smallest absolute Gasteiger partial charge is 0.379 e. The van der Waals surface area contributed by atoms with E-state index in [1.807, 2.05) is 17.5 Å². The standard InChI is InChI=1S/C18H20F3N3O3S/c19-18(20,21)13-3-4-17(26)24(11-13)12-16(25)22-10-14(15-2-1-9-28-15)23-5-7-27-8-6-23/h1-4,9,11,14H,5-8,10,12H2,(H,22,25). The topological polar surface area (TPSA) is 63.6 Å². The Hall–Kier alpha value is -2.17. The molecule has 10 heteroatoms. The van der Waals surface area contributed by atoms with Crippen LogP contribution in [-0.2, 0) is 22.3 Å². The summed E-state index contributed by atoms with van der Waals surface area (Å²) in [5.74, 6) is -0.517. The molecule has 1 atom stereocenters. The summed E-state index contributed by atoms with van der Waals surface area (Å²) in [5, 5.41) is 4.70. The molecular weight excluding hydrogens is 395 g/mol. The van der Waals surface area contributed by atoms with E-state index in [-0.39, 0.29) is 6.04 Å².